The molecule has 4 nitrogen and oxygen atoms in total. The molecule has 1 fully saturated rings. The maximum atomic E-state index is 12.6. The fourth-order valence-electron chi connectivity index (χ4n) is 3.08. The van der Waals surface area contributed by atoms with Crippen molar-refractivity contribution in [1.82, 2.24) is 4.90 Å². The third-order valence-electron chi connectivity index (χ3n) is 4.30. The summed E-state index contributed by atoms with van der Waals surface area (Å²) in [6.07, 6.45) is 4.76. The maximum absolute atomic E-state index is 12.6. The van der Waals surface area contributed by atoms with Crippen molar-refractivity contribution in [2.75, 3.05) is 14.2 Å². The van der Waals surface area contributed by atoms with E-state index in [4.69, 9.17) is 5.11 Å². The largest absolute Gasteiger partial charge is 0.400 e. The molecular formula is C17H27NO3. The van der Waals surface area contributed by atoms with Gasteiger partial charge in [-0.1, -0.05) is 38.0 Å². The predicted molar refractivity (Wildman–Crippen MR) is 84.0 cm³/mol. The fraction of sp³-hybridized carbons (Fsp3) is 0.588. The zero-order valence-corrected chi connectivity index (χ0v) is 13.2. The van der Waals surface area contributed by atoms with Crippen LogP contribution in [0.3, 0.4) is 0 Å². The summed E-state index contributed by atoms with van der Waals surface area (Å²) < 4.78 is 0. The van der Waals surface area contributed by atoms with E-state index in [9.17, 15) is 9.90 Å². The number of rotatable bonds is 3. The molecule has 2 rings (SSSR count). The van der Waals surface area contributed by atoms with Gasteiger partial charge in [-0.15, -0.1) is 0 Å². The SMILES string of the molecule is CO.C[C@H]1CCCC[C@H]1N(C)C(=O)c1ccccc1CO. The van der Waals surface area contributed by atoms with Gasteiger partial charge < -0.3 is 15.1 Å². The van der Waals surface area contributed by atoms with E-state index in [1.165, 1.54) is 19.3 Å². The van der Waals surface area contributed by atoms with Gasteiger partial charge in [-0.05, 0) is 30.4 Å². The Bertz CT molecular complexity index is 447. The highest BCUT2D eigenvalue weighted by Crippen LogP contribution is 2.28. The number of carbonyl (C=O) groups is 1. The van der Waals surface area contributed by atoms with Gasteiger partial charge in [0.25, 0.3) is 5.91 Å². The Labute approximate surface area is 127 Å². The van der Waals surface area contributed by atoms with Crippen molar-refractivity contribution >= 4 is 5.91 Å². The van der Waals surface area contributed by atoms with E-state index < -0.39 is 0 Å². The molecule has 2 N–H and O–H groups in total. The lowest BCUT2D eigenvalue weighted by Crippen LogP contribution is -2.42. The summed E-state index contributed by atoms with van der Waals surface area (Å²) in [6.45, 7) is 2.14. The van der Waals surface area contributed by atoms with Crippen LogP contribution in [0.2, 0.25) is 0 Å². The first-order valence-corrected chi connectivity index (χ1v) is 7.55. The lowest BCUT2D eigenvalue weighted by Gasteiger charge is -2.36. The zero-order valence-electron chi connectivity index (χ0n) is 13.2. The Morgan fingerprint density at radius 3 is 2.48 bits per heavy atom. The van der Waals surface area contributed by atoms with Crippen molar-refractivity contribution in [3.8, 4) is 0 Å². The first kappa shape index (κ1) is 17.7. The Balaban J connectivity index is 0.00000106. The van der Waals surface area contributed by atoms with Crippen LogP contribution in [0, 0.1) is 5.92 Å². The number of benzene rings is 1. The number of hydrogen-bond donors (Lipinski definition) is 2. The third kappa shape index (κ3) is 4.29. The van der Waals surface area contributed by atoms with Crippen molar-refractivity contribution in [2.45, 2.75) is 45.3 Å². The molecule has 0 aliphatic heterocycles. The molecule has 1 aromatic carbocycles. The number of nitrogens with zero attached hydrogens (tertiary/aromatic N) is 1. The van der Waals surface area contributed by atoms with Gasteiger partial charge in [-0.3, -0.25) is 4.79 Å². The van der Waals surface area contributed by atoms with Crippen LogP contribution in [0.1, 0.15) is 48.5 Å². The summed E-state index contributed by atoms with van der Waals surface area (Å²) in [5, 5.41) is 16.3. The van der Waals surface area contributed by atoms with Gasteiger partial charge in [-0.2, -0.15) is 0 Å². The molecule has 21 heavy (non-hydrogen) atoms. The van der Waals surface area contributed by atoms with Crippen molar-refractivity contribution in [3.63, 3.8) is 0 Å². The molecule has 1 aromatic rings. The summed E-state index contributed by atoms with van der Waals surface area (Å²) in [4.78, 5) is 14.5. The van der Waals surface area contributed by atoms with Gasteiger partial charge >= 0.3 is 0 Å². The summed E-state index contributed by atoms with van der Waals surface area (Å²) in [5.41, 5.74) is 1.34. The van der Waals surface area contributed by atoms with Gasteiger partial charge in [0.15, 0.2) is 0 Å². The number of aliphatic hydroxyl groups excluding tert-OH is 2. The molecule has 118 valence electrons. The lowest BCUT2D eigenvalue weighted by atomic mass is 9.85. The summed E-state index contributed by atoms with van der Waals surface area (Å²) >= 11 is 0. The molecule has 1 saturated carbocycles. The molecule has 0 aromatic heterocycles. The van der Waals surface area contributed by atoms with Crippen molar-refractivity contribution in [3.05, 3.63) is 35.4 Å². The number of hydrogen-bond acceptors (Lipinski definition) is 3. The second kappa shape index (κ2) is 8.80. The highest BCUT2D eigenvalue weighted by Gasteiger charge is 2.28. The molecular weight excluding hydrogens is 266 g/mol. The lowest BCUT2D eigenvalue weighted by molar-refractivity contribution is 0.0626. The average Bonchev–Trinajstić information content (AvgIpc) is 2.55. The minimum absolute atomic E-state index is 0.0309. The van der Waals surface area contributed by atoms with Gasteiger partial charge in [0.1, 0.15) is 0 Å². The molecule has 0 unspecified atom stereocenters. The highest BCUT2D eigenvalue weighted by molar-refractivity contribution is 5.95. The van der Waals surface area contributed by atoms with Crippen LogP contribution in [0.15, 0.2) is 24.3 Å². The fourth-order valence-corrected chi connectivity index (χ4v) is 3.08. The zero-order chi connectivity index (χ0) is 15.8. The monoisotopic (exact) mass is 293 g/mol. The highest BCUT2D eigenvalue weighted by atomic mass is 16.3. The van der Waals surface area contributed by atoms with Crippen LogP contribution < -0.4 is 0 Å². The van der Waals surface area contributed by atoms with E-state index in [0.717, 1.165) is 13.5 Å². The normalized spacial score (nSPS) is 21.2. The van der Waals surface area contributed by atoms with E-state index in [-0.39, 0.29) is 12.5 Å². The number of carbonyl (C=O) groups excluding carboxylic acids is 1. The molecule has 0 radical (unpaired) electrons. The van der Waals surface area contributed by atoms with E-state index >= 15 is 0 Å². The Morgan fingerprint density at radius 1 is 1.24 bits per heavy atom. The summed E-state index contributed by atoms with van der Waals surface area (Å²) in [5.74, 6) is 0.590. The van der Waals surface area contributed by atoms with Crippen LogP contribution >= 0.6 is 0 Å². The molecule has 0 bridgehead atoms. The molecule has 0 heterocycles. The molecule has 2 atom stereocenters. The second-order valence-corrected chi connectivity index (χ2v) is 5.56. The Hall–Kier alpha value is -1.39. The number of aliphatic hydroxyl groups is 2. The Kier molecular flexibility index (Phi) is 7.40. The van der Waals surface area contributed by atoms with Crippen molar-refractivity contribution in [2.24, 2.45) is 5.92 Å². The van der Waals surface area contributed by atoms with Crippen LogP contribution in [0.5, 0.6) is 0 Å². The van der Waals surface area contributed by atoms with Gasteiger partial charge in [0, 0.05) is 25.8 Å². The summed E-state index contributed by atoms with van der Waals surface area (Å²) in [7, 11) is 2.89. The number of amides is 1. The van der Waals surface area contributed by atoms with E-state index in [2.05, 4.69) is 6.92 Å². The third-order valence-corrected chi connectivity index (χ3v) is 4.30. The van der Waals surface area contributed by atoms with Gasteiger partial charge in [0.05, 0.1) is 6.61 Å². The second-order valence-electron chi connectivity index (χ2n) is 5.56. The quantitative estimate of drug-likeness (QED) is 0.900. The van der Waals surface area contributed by atoms with Gasteiger partial charge in [-0.25, -0.2) is 0 Å². The van der Waals surface area contributed by atoms with Crippen LogP contribution in [0.25, 0.3) is 0 Å². The van der Waals surface area contributed by atoms with Crippen LogP contribution in [-0.4, -0.2) is 41.2 Å². The van der Waals surface area contributed by atoms with Crippen LogP contribution in [-0.2, 0) is 6.61 Å². The predicted octanol–water partition coefficient (Wildman–Crippen LogP) is 2.44. The van der Waals surface area contributed by atoms with E-state index in [1.54, 1.807) is 6.07 Å². The maximum Gasteiger partial charge on any atom is 0.254 e. The van der Waals surface area contributed by atoms with E-state index in [0.29, 0.717) is 23.1 Å². The smallest absolute Gasteiger partial charge is 0.254 e. The standard InChI is InChI=1S/C16H23NO2.CH4O/c1-12-7-3-6-10-15(12)17(2)16(19)14-9-5-4-8-13(14)11-18;1-2/h4-5,8-9,12,15,18H,3,6-7,10-11H2,1-2H3;2H,1H3/t12-,15+;/m0./s1. The summed E-state index contributed by atoms with van der Waals surface area (Å²) in [6, 6.07) is 7.65. The average molecular weight is 293 g/mol. The van der Waals surface area contributed by atoms with Gasteiger partial charge in [0.2, 0.25) is 0 Å². The molecule has 1 aliphatic carbocycles. The topological polar surface area (TPSA) is 60.8 Å². The van der Waals surface area contributed by atoms with Crippen molar-refractivity contribution in [1.29, 1.82) is 0 Å². The molecule has 1 amide bonds. The molecule has 4 heteroatoms. The minimum Gasteiger partial charge on any atom is -0.400 e. The van der Waals surface area contributed by atoms with Crippen molar-refractivity contribution < 1.29 is 15.0 Å². The Morgan fingerprint density at radius 2 is 1.86 bits per heavy atom. The molecule has 0 saturated heterocycles. The molecule has 0 spiro atoms. The van der Waals surface area contributed by atoms with E-state index in [1.807, 2.05) is 30.1 Å². The first-order chi connectivity index (χ1) is 10.1. The molecule has 1 aliphatic rings. The van der Waals surface area contributed by atoms with Crippen LogP contribution in [0.4, 0.5) is 0 Å². The first-order valence-electron chi connectivity index (χ1n) is 7.55. The minimum atomic E-state index is -0.0873.